The van der Waals surface area contributed by atoms with E-state index in [1.807, 2.05) is 6.92 Å². The molecule has 1 aliphatic carbocycles. The van der Waals surface area contributed by atoms with Gasteiger partial charge in [-0.1, -0.05) is 12.8 Å². The molecule has 0 radical (unpaired) electrons. The molecular formula is C13H24N2O3S. The van der Waals surface area contributed by atoms with Crippen LogP contribution in [0.3, 0.4) is 0 Å². The van der Waals surface area contributed by atoms with Crippen molar-refractivity contribution in [2.75, 3.05) is 18.1 Å². The maximum Gasteiger partial charge on any atom is 0.237 e. The monoisotopic (exact) mass is 288 g/mol. The third-order valence-corrected chi connectivity index (χ3v) is 5.97. The van der Waals surface area contributed by atoms with E-state index in [4.69, 9.17) is 0 Å². The molecule has 0 bridgehead atoms. The van der Waals surface area contributed by atoms with Crippen LogP contribution < -0.4 is 10.6 Å². The minimum absolute atomic E-state index is 0.0350. The summed E-state index contributed by atoms with van der Waals surface area (Å²) in [5, 5.41) is 6.21. The molecule has 6 heteroatoms. The first-order valence-electron chi connectivity index (χ1n) is 7.20. The highest BCUT2D eigenvalue weighted by Crippen LogP contribution is 2.18. The second-order valence-corrected chi connectivity index (χ2v) is 8.12. The van der Waals surface area contributed by atoms with E-state index < -0.39 is 9.84 Å². The van der Waals surface area contributed by atoms with Gasteiger partial charge in [-0.05, 0) is 38.6 Å². The predicted molar refractivity (Wildman–Crippen MR) is 74.6 cm³/mol. The zero-order chi connectivity index (χ0) is 13.9. The number of amides is 1. The van der Waals surface area contributed by atoms with Gasteiger partial charge in [0.1, 0.15) is 0 Å². The number of hydrogen-bond donors (Lipinski definition) is 2. The summed E-state index contributed by atoms with van der Waals surface area (Å²) in [4.78, 5) is 11.9. The SMILES string of the molecule is CC(NCC1CCS(=O)(=O)C1)C(=O)NC1CCCC1. The molecule has 1 saturated heterocycles. The Morgan fingerprint density at radius 2 is 1.95 bits per heavy atom. The Labute approximate surface area is 115 Å². The van der Waals surface area contributed by atoms with Crippen LogP contribution >= 0.6 is 0 Å². The lowest BCUT2D eigenvalue weighted by molar-refractivity contribution is -0.123. The van der Waals surface area contributed by atoms with Crippen molar-refractivity contribution in [1.29, 1.82) is 0 Å². The van der Waals surface area contributed by atoms with Crippen LogP contribution in [-0.4, -0.2) is 44.5 Å². The van der Waals surface area contributed by atoms with Crippen molar-refractivity contribution >= 4 is 15.7 Å². The maximum absolute atomic E-state index is 11.9. The van der Waals surface area contributed by atoms with Crippen LogP contribution in [0.25, 0.3) is 0 Å². The molecule has 1 heterocycles. The zero-order valence-electron chi connectivity index (χ0n) is 11.5. The topological polar surface area (TPSA) is 75.3 Å². The smallest absolute Gasteiger partial charge is 0.237 e. The fourth-order valence-electron chi connectivity index (χ4n) is 2.87. The molecule has 2 fully saturated rings. The van der Waals surface area contributed by atoms with Gasteiger partial charge in [-0.3, -0.25) is 4.79 Å². The molecule has 110 valence electrons. The van der Waals surface area contributed by atoms with Crippen LogP contribution in [0.4, 0.5) is 0 Å². The highest BCUT2D eigenvalue weighted by atomic mass is 32.2. The van der Waals surface area contributed by atoms with Crippen LogP contribution in [0.5, 0.6) is 0 Å². The van der Waals surface area contributed by atoms with Gasteiger partial charge in [0.15, 0.2) is 9.84 Å². The molecule has 1 saturated carbocycles. The standard InChI is InChI=1S/C13H24N2O3S/c1-10(13(16)15-12-4-2-3-5-12)14-8-11-6-7-19(17,18)9-11/h10-12,14H,2-9H2,1H3,(H,15,16). The van der Waals surface area contributed by atoms with E-state index in [0.29, 0.717) is 24.8 Å². The number of rotatable bonds is 5. The van der Waals surface area contributed by atoms with Crippen LogP contribution in [0.15, 0.2) is 0 Å². The second kappa shape index (κ2) is 6.22. The van der Waals surface area contributed by atoms with E-state index in [-0.39, 0.29) is 23.6 Å². The first-order valence-corrected chi connectivity index (χ1v) is 9.02. The molecular weight excluding hydrogens is 264 g/mol. The van der Waals surface area contributed by atoms with Gasteiger partial charge >= 0.3 is 0 Å². The van der Waals surface area contributed by atoms with Crippen LogP contribution in [0.1, 0.15) is 39.0 Å². The van der Waals surface area contributed by atoms with E-state index in [1.54, 1.807) is 0 Å². The van der Waals surface area contributed by atoms with Crippen molar-refractivity contribution in [1.82, 2.24) is 10.6 Å². The Kier molecular flexibility index (Phi) is 4.84. The van der Waals surface area contributed by atoms with Crippen molar-refractivity contribution in [2.24, 2.45) is 5.92 Å². The minimum Gasteiger partial charge on any atom is -0.352 e. The molecule has 1 aliphatic heterocycles. The molecule has 2 atom stereocenters. The lowest BCUT2D eigenvalue weighted by Gasteiger charge is -2.19. The van der Waals surface area contributed by atoms with Gasteiger partial charge in [-0.2, -0.15) is 0 Å². The number of carbonyl (C=O) groups is 1. The summed E-state index contributed by atoms with van der Waals surface area (Å²) in [6.07, 6.45) is 5.28. The number of nitrogens with one attached hydrogen (secondary N) is 2. The summed E-state index contributed by atoms with van der Waals surface area (Å²) in [6, 6.07) is 0.0903. The Morgan fingerprint density at radius 1 is 1.26 bits per heavy atom. The fourth-order valence-corrected chi connectivity index (χ4v) is 4.73. The van der Waals surface area contributed by atoms with Gasteiger partial charge in [0, 0.05) is 6.04 Å². The van der Waals surface area contributed by atoms with Gasteiger partial charge < -0.3 is 10.6 Å². The Morgan fingerprint density at radius 3 is 2.53 bits per heavy atom. The van der Waals surface area contributed by atoms with E-state index in [0.717, 1.165) is 12.8 Å². The Balaban J connectivity index is 1.68. The van der Waals surface area contributed by atoms with Crippen molar-refractivity contribution in [3.05, 3.63) is 0 Å². The molecule has 19 heavy (non-hydrogen) atoms. The molecule has 0 spiro atoms. The molecule has 5 nitrogen and oxygen atoms in total. The Bertz CT molecular complexity index is 416. The first-order chi connectivity index (χ1) is 8.96. The second-order valence-electron chi connectivity index (χ2n) is 5.89. The number of sulfone groups is 1. The fraction of sp³-hybridized carbons (Fsp3) is 0.923. The van der Waals surface area contributed by atoms with Crippen LogP contribution in [0.2, 0.25) is 0 Å². The summed E-state index contributed by atoms with van der Waals surface area (Å²) < 4.78 is 22.7. The number of hydrogen-bond acceptors (Lipinski definition) is 4. The highest BCUT2D eigenvalue weighted by Gasteiger charge is 2.28. The molecule has 2 unspecified atom stereocenters. The molecule has 0 aromatic rings. The molecule has 2 rings (SSSR count). The molecule has 1 amide bonds. The zero-order valence-corrected chi connectivity index (χ0v) is 12.3. The third kappa shape index (κ3) is 4.45. The largest absolute Gasteiger partial charge is 0.352 e. The molecule has 0 aromatic heterocycles. The van der Waals surface area contributed by atoms with Gasteiger partial charge in [0.25, 0.3) is 0 Å². The lowest BCUT2D eigenvalue weighted by Crippen LogP contribution is -2.46. The minimum atomic E-state index is -2.82. The van der Waals surface area contributed by atoms with Gasteiger partial charge in [0.05, 0.1) is 17.5 Å². The average molecular weight is 288 g/mol. The molecule has 2 aliphatic rings. The molecule has 0 aromatic carbocycles. The molecule has 2 N–H and O–H groups in total. The summed E-state index contributed by atoms with van der Waals surface area (Å²) in [6.45, 7) is 2.45. The van der Waals surface area contributed by atoms with Crippen molar-refractivity contribution in [3.63, 3.8) is 0 Å². The van der Waals surface area contributed by atoms with E-state index in [9.17, 15) is 13.2 Å². The number of carbonyl (C=O) groups excluding carboxylic acids is 1. The van der Waals surface area contributed by atoms with Crippen molar-refractivity contribution in [2.45, 2.75) is 51.1 Å². The summed E-state index contributed by atoms with van der Waals surface area (Å²) in [5.74, 6) is 0.748. The highest BCUT2D eigenvalue weighted by molar-refractivity contribution is 7.91. The average Bonchev–Trinajstić information content (AvgIpc) is 2.95. The maximum atomic E-state index is 11.9. The quantitative estimate of drug-likeness (QED) is 0.770. The summed E-state index contributed by atoms with van der Waals surface area (Å²) in [7, 11) is -2.82. The Hall–Kier alpha value is -0.620. The van der Waals surface area contributed by atoms with Gasteiger partial charge in [0.2, 0.25) is 5.91 Å². The lowest BCUT2D eigenvalue weighted by atomic mass is 10.1. The summed E-state index contributed by atoms with van der Waals surface area (Å²) in [5.41, 5.74) is 0. The van der Waals surface area contributed by atoms with Gasteiger partial charge in [-0.25, -0.2) is 8.42 Å². The van der Waals surface area contributed by atoms with Crippen molar-refractivity contribution in [3.8, 4) is 0 Å². The summed E-state index contributed by atoms with van der Waals surface area (Å²) >= 11 is 0. The third-order valence-electron chi connectivity index (χ3n) is 4.13. The van der Waals surface area contributed by atoms with Crippen molar-refractivity contribution < 1.29 is 13.2 Å². The van der Waals surface area contributed by atoms with Crippen LogP contribution in [-0.2, 0) is 14.6 Å². The van der Waals surface area contributed by atoms with E-state index in [2.05, 4.69) is 10.6 Å². The predicted octanol–water partition coefficient (Wildman–Crippen LogP) is 0.458. The van der Waals surface area contributed by atoms with E-state index in [1.165, 1.54) is 12.8 Å². The first kappa shape index (κ1) is 14.8. The van der Waals surface area contributed by atoms with Gasteiger partial charge in [-0.15, -0.1) is 0 Å². The van der Waals surface area contributed by atoms with Crippen LogP contribution in [0, 0.1) is 5.92 Å². The normalized spacial score (nSPS) is 28.4. The van der Waals surface area contributed by atoms with E-state index >= 15 is 0 Å².